The van der Waals surface area contributed by atoms with Crippen LogP contribution in [0.15, 0.2) is 63.4 Å². The van der Waals surface area contributed by atoms with Gasteiger partial charge in [-0.2, -0.15) is 0 Å². The molecule has 0 saturated carbocycles. The average molecular weight is 391 g/mol. The number of fused-ring (bicyclic) bond motifs is 1. The zero-order chi connectivity index (χ0) is 18.4. The van der Waals surface area contributed by atoms with E-state index in [2.05, 4.69) is 4.98 Å². The Kier molecular flexibility index (Phi) is 6.71. The predicted molar refractivity (Wildman–Crippen MR) is 106 cm³/mol. The van der Waals surface area contributed by atoms with Crippen molar-refractivity contribution in [3.8, 4) is 0 Å². The van der Waals surface area contributed by atoms with Gasteiger partial charge in [0.25, 0.3) is 5.56 Å². The summed E-state index contributed by atoms with van der Waals surface area (Å²) in [6.45, 7) is 0.477. The molecule has 7 heteroatoms. The molecular formula is C19H19FN2O2S2. The summed E-state index contributed by atoms with van der Waals surface area (Å²) in [5, 5.41) is 10.4. The Morgan fingerprint density at radius 2 is 1.77 bits per heavy atom. The molecule has 0 aliphatic rings. The van der Waals surface area contributed by atoms with E-state index >= 15 is 0 Å². The molecule has 0 aliphatic carbocycles. The van der Waals surface area contributed by atoms with Gasteiger partial charge in [0.05, 0.1) is 10.9 Å². The van der Waals surface area contributed by atoms with Gasteiger partial charge < -0.3 is 5.11 Å². The van der Waals surface area contributed by atoms with Crippen molar-refractivity contribution in [1.29, 1.82) is 0 Å². The number of hydrogen-bond acceptors (Lipinski definition) is 5. The summed E-state index contributed by atoms with van der Waals surface area (Å²) in [5.41, 5.74) is 0.615. The molecule has 0 spiro atoms. The van der Waals surface area contributed by atoms with Crippen LogP contribution in [0.4, 0.5) is 4.39 Å². The van der Waals surface area contributed by atoms with Crippen LogP contribution in [-0.4, -0.2) is 32.8 Å². The largest absolute Gasteiger partial charge is 0.396 e. The van der Waals surface area contributed by atoms with Gasteiger partial charge in [0, 0.05) is 29.6 Å². The highest BCUT2D eigenvalue weighted by Gasteiger charge is 2.11. The SMILES string of the molecule is O=c1c2ccccc2nc(SCCSc2ccc(F)cc2)n1CCCO. The highest BCUT2D eigenvalue weighted by Crippen LogP contribution is 2.23. The molecule has 3 rings (SSSR count). The Labute approximate surface area is 159 Å². The molecule has 0 amide bonds. The van der Waals surface area contributed by atoms with E-state index < -0.39 is 0 Å². The van der Waals surface area contributed by atoms with E-state index in [-0.39, 0.29) is 18.0 Å². The number of hydrogen-bond donors (Lipinski definition) is 1. The maximum absolute atomic E-state index is 12.9. The minimum absolute atomic E-state index is 0.0315. The van der Waals surface area contributed by atoms with Crippen molar-refractivity contribution in [3.63, 3.8) is 0 Å². The first-order valence-corrected chi connectivity index (χ1v) is 10.3. The standard InChI is InChI=1S/C19H19FN2O2S2/c20-14-6-8-15(9-7-14)25-12-13-26-19-21-17-5-2-1-4-16(17)18(24)22(19)10-3-11-23/h1-2,4-9,23H,3,10-13H2. The number of thioether (sulfide) groups is 2. The molecule has 3 aromatic rings. The molecule has 0 atom stereocenters. The number of halogens is 1. The molecule has 0 aliphatic heterocycles. The van der Waals surface area contributed by atoms with Gasteiger partial charge in [-0.3, -0.25) is 9.36 Å². The smallest absolute Gasteiger partial charge is 0.262 e. The summed E-state index contributed by atoms with van der Waals surface area (Å²) in [5.74, 6) is 1.35. The second-order valence-corrected chi connectivity index (χ2v) is 7.83. The van der Waals surface area contributed by atoms with Gasteiger partial charge in [-0.25, -0.2) is 9.37 Å². The first-order chi connectivity index (χ1) is 12.7. The number of nitrogens with zero attached hydrogens (tertiary/aromatic N) is 2. The maximum atomic E-state index is 12.9. The number of aliphatic hydroxyl groups excluding tert-OH is 1. The third-order valence-electron chi connectivity index (χ3n) is 3.76. The van der Waals surface area contributed by atoms with Crippen molar-refractivity contribution in [3.05, 3.63) is 64.7 Å². The lowest BCUT2D eigenvalue weighted by Gasteiger charge is -2.12. The zero-order valence-electron chi connectivity index (χ0n) is 14.1. The summed E-state index contributed by atoms with van der Waals surface area (Å²) >= 11 is 3.16. The Hall–Kier alpha value is -1.83. The second kappa shape index (κ2) is 9.21. The van der Waals surface area contributed by atoms with Crippen molar-refractivity contribution in [2.75, 3.05) is 18.1 Å². The third kappa shape index (κ3) is 4.66. The van der Waals surface area contributed by atoms with Crippen LogP contribution < -0.4 is 5.56 Å². The normalized spacial score (nSPS) is 11.2. The molecule has 0 bridgehead atoms. The molecule has 26 heavy (non-hydrogen) atoms. The monoisotopic (exact) mass is 390 g/mol. The molecule has 136 valence electrons. The number of para-hydroxylation sites is 1. The van der Waals surface area contributed by atoms with E-state index in [1.165, 1.54) is 23.9 Å². The van der Waals surface area contributed by atoms with Gasteiger partial charge >= 0.3 is 0 Å². The van der Waals surface area contributed by atoms with Gasteiger partial charge in [-0.05, 0) is 42.8 Å². The molecule has 1 N–H and O–H groups in total. The van der Waals surface area contributed by atoms with Crippen molar-refractivity contribution < 1.29 is 9.50 Å². The number of benzene rings is 2. The van der Waals surface area contributed by atoms with Gasteiger partial charge in [0.15, 0.2) is 5.16 Å². The van der Waals surface area contributed by atoms with Crippen LogP contribution in [0.25, 0.3) is 10.9 Å². The highest BCUT2D eigenvalue weighted by atomic mass is 32.2. The van der Waals surface area contributed by atoms with Crippen LogP contribution in [0.3, 0.4) is 0 Å². The van der Waals surface area contributed by atoms with E-state index in [4.69, 9.17) is 5.11 Å². The Balaban J connectivity index is 1.73. The van der Waals surface area contributed by atoms with Gasteiger partial charge in [-0.1, -0.05) is 23.9 Å². The van der Waals surface area contributed by atoms with Crippen molar-refractivity contribution >= 4 is 34.4 Å². The Morgan fingerprint density at radius 1 is 1.04 bits per heavy atom. The van der Waals surface area contributed by atoms with Gasteiger partial charge in [0.2, 0.25) is 0 Å². The molecule has 0 unspecified atom stereocenters. The van der Waals surface area contributed by atoms with E-state index in [0.717, 1.165) is 16.4 Å². The quantitative estimate of drug-likeness (QED) is 0.360. The maximum Gasteiger partial charge on any atom is 0.262 e. The molecule has 1 heterocycles. The van der Waals surface area contributed by atoms with Crippen molar-refractivity contribution in [1.82, 2.24) is 9.55 Å². The molecule has 1 aromatic heterocycles. The van der Waals surface area contributed by atoms with Crippen LogP contribution in [0.2, 0.25) is 0 Å². The topological polar surface area (TPSA) is 55.1 Å². The van der Waals surface area contributed by atoms with E-state index in [0.29, 0.717) is 29.0 Å². The number of aromatic nitrogens is 2. The Morgan fingerprint density at radius 3 is 2.54 bits per heavy atom. The summed E-state index contributed by atoms with van der Waals surface area (Å²) in [4.78, 5) is 18.4. The lowest BCUT2D eigenvalue weighted by molar-refractivity contribution is 0.276. The fourth-order valence-corrected chi connectivity index (χ4v) is 4.41. The first kappa shape index (κ1) is 18.9. The van der Waals surface area contributed by atoms with E-state index in [1.54, 1.807) is 34.5 Å². The number of aliphatic hydroxyl groups is 1. The van der Waals surface area contributed by atoms with Gasteiger partial charge in [-0.15, -0.1) is 11.8 Å². The first-order valence-electron chi connectivity index (χ1n) is 8.30. The molecule has 0 fully saturated rings. The van der Waals surface area contributed by atoms with Gasteiger partial charge in [0.1, 0.15) is 5.82 Å². The fraction of sp³-hybridized carbons (Fsp3) is 0.263. The lowest BCUT2D eigenvalue weighted by atomic mass is 10.2. The molecular weight excluding hydrogens is 371 g/mol. The van der Waals surface area contributed by atoms with E-state index in [1.807, 2.05) is 18.2 Å². The average Bonchev–Trinajstić information content (AvgIpc) is 2.66. The lowest BCUT2D eigenvalue weighted by Crippen LogP contribution is -2.24. The molecule has 0 saturated heterocycles. The van der Waals surface area contributed by atoms with Crippen LogP contribution in [-0.2, 0) is 6.54 Å². The van der Waals surface area contributed by atoms with E-state index in [9.17, 15) is 9.18 Å². The summed E-state index contributed by atoms with van der Waals surface area (Å²) in [6, 6.07) is 13.7. The van der Waals surface area contributed by atoms with Crippen LogP contribution in [0.5, 0.6) is 0 Å². The fourth-order valence-electron chi connectivity index (χ4n) is 2.51. The van der Waals surface area contributed by atoms with Crippen molar-refractivity contribution in [2.24, 2.45) is 0 Å². The summed E-state index contributed by atoms with van der Waals surface area (Å²) in [7, 11) is 0. The Bertz CT molecular complexity index is 929. The van der Waals surface area contributed by atoms with Crippen LogP contribution in [0.1, 0.15) is 6.42 Å². The molecule has 4 nitrogen and oxygen atoms in total. The van der Waals surface area contributed by atoms with Crippen LogP contribution >= 0.6 is 23.5 Å². The minimum Gasteiger partial charge on any atom is -0.396 e. The molecule has 0 radical (unpaired) electrons. The second-order valence-electron chi connectivity index (χ2n) is 5.60. The van der Waals surface area contributed by atoms with Crippen LogP contribution in [0, 0.1) is 5.82 Å². The zero-order valence-corrected chi connectivity index (χ0v) is 15.7. The predicted octanol–water partition coefficient (Wildman–Crippen LogP) is 3.80. The third-order valence-corrected chi connectivity index (χ3v) is 6.01. The summed E-state index contributed by atoms with van der Waals surface area (Å²) in [6.07, 6.45) is 0.512. The number of rotatable bonds is 8. The highest BCUT2D eigenvalue weighted by molar-refractivity contribution is 8.02. The minimum atomic E-state index is -0.239. The molecule has 2 aromatic carbocycles. The van der Waals surface area contributed by atoms with Crippen molar-refractivity contribution in [2.45, 2.75) is 23.0 Å². The summed E-state index contributed by atoms with van der Waals surface area (Å²) < 4.78 is 14.6.